The molecule has 5 nitrogen and oxygen atoms in total. The number of amides is 1. The SMILES string of the molecule is COc1ccc(CCC(=O)N(C)C2CC3CCC(C2)N3)cc1OC.Cl. The van der Waals surface area contributed by atoms with E-state index in [2.05, 4.69) is 5.32 Å². The molecule has 0 spiro atoms. The molecule has 2 bridgehead atoms. The molecule has 1 aromatic carbocycles. The van der Waals surface area contributed by atoms with Gasteiger partial charge in [-0.1, -0.05) is 6.07 Å². The lowest BCUT2D eigenvalue weighted by atomic mass is 9.98. The lowest BCUT2D eigenvalue weighted by Gasteiger charge is -2.35. The summed E-state index contributed by atoms with van der Waals surface area (Å²) in [6, 6.07) is 7.45. The number of halogens is 1. The van der Waals surface area contributed by atoms with Crippen LogP contribution >= 0.6 is 12.4 Å². The minimum absolute atomic E-state index is 0. The molecule has 2 unspecified atom stereocenters. The van der Waals surface area contributed by atoms with Gasteiger partial charge >= 0.3 is 0 Å². The van der Waals surface area contributed by atoms with Crippen LogP contribution in [0.4, 0.5) is 0 Å². The van der Waals surface area contributed by atoms with Gasteiger partial charge in [0.2, 0.25) is 5.91 Å². The zero-order chi connectivity index (χ0) is 17.1. The minimum Gasteiger partial charge on any atom is -0.493 e. The molecule has 6 heteroatoms. The van der Waals surface area contributed by atoms with Gasteiger partial charge in [-0.05, 0) is 49.8 Å². The number of fused-ring (bicyclic) bond motifs is 2. The van der Waals surface area contributed by atoms with Gasteiger partial charge in [-0.3, -0.25) is 4.79 Å². The summed E-state index contributed by atoms with van der Waals surface area (Å²) in [5.41, 5.74) is 1.10. The Morgan fingerprint density at radius 1 is 1.16 bits per heavy atom. The topological polar surface area (TPSA) is 50.8 Å². The lowest BCUT2D eigenvalue weighted by Crippen LogP contribution is -2.48. The normalized spacial score (nSPS) is 24.4. The maximum atomic E-state index is 12.6. The summed E-state index contributed by atoms with van der Waals surface area (Å²) in [7, 11) is 5.22. The van der Waals surface area contributed by atoms with Gasteiger partial charge in [0.25, 0.3) is 0 Å². The van der Waals surface area contributed by atoms with Crippen molar-refractivity contribution in [3.8, 4) is 11.5 Å². The van der Waals surface area contributed by atoms with Crippen LogP contribution in [-0.2, 0) is 11.2 Å². The Hall–Kier alpha value is -1.46. The van der Waals surface area contributed by atoms with E-state index in [4.69, 9.17) is 9.47 Å². The molecule has 25 heavy (non-hydrogen) atoms. The van der Waals surface area contributed by atoms with E-state index < -0.39 is 0 Å². The van der Waals surface area contributed by atoms with Crippen molar-refractivity contribution < 1.29 is 14.3 Å². The number of ether oxygens (including phenoxy) is 2. The molecule has 2 atom stereocenters. The molecule has 2 saturated heterocycles. The molecule has 1 aromatic rings. The first-order valence-corrected chi connectivity index (χ1v) is 8.83. The van der Waals surface area contributed by atoms with Crippen molar-refractivity contribution in [1.82, 2.24) is 10.2 Å². The van der Waals surface area contributed by atoms with Crippen molar-refractivity contribution in [2.75, 3.05) is 21.3 Å². The molecule has 0 saturated carbocycles. The third kappa shape index (κ3) is 4.59. The Labute approximate surface area is 156 Å². The number of piperidine rings is 1. The van der Waals surface area contributed by atoms with Crippen LogP contribution in [0, 0.1) is 0 Å². The first-order valence-electron chi connectivity index (χ1n) is 8.83. The predicted molar refractivity (Wildman–Crippen MR) is 101 cm³/mol. The summed E-state index contributed by atoms with van der Waals surface area (Å²) in [6.45, 7) is 0. The summed E-state index contributed by atoms with van der Waals surface area (Å²) < 4.78 is 10.6. The fourth-order valence-electron chi connectivity index (χ4n) is 4.01. The molecule has 1 N–H and O–H groups in total. The van der Waals surface area contributed by atoms with E-state index in [-0.39, 0.29) is 18.3 Å². The molecule has 0 radical (unpaired) electrons. The fraction of sp³-hybridized carbons (Fsp3) is 0.632. The maximum absolute atomic E-state index is 12.6. The molecular weight excluding hydrogens is 340 g/mol. The van der Waals surface area contributed by atoms with Crippen LogP contribution in [0.15, 0.2) is 18.2 Å². The zero-order valence-electron chi connectivity index (χ0n) is 15.3. The second kappa shape index (κ2) is 8.77. The second-order valence-corrected chi connectivity index (χ2v) is 6.96. The van der Waals surface area contributed by atoms with Crippen LogP contribution in [-0.4, -0.2) is 50.2 Å². The molecule has 0 aromatic heterocycles. The Bertz CT molecular complexity index is 584. The molecule has 140 valence electrons. The van der Waals surface area contributed by atoms with Gasteiger partial charge < -0.3 is 19.7 Å². The highest BCUT2D eigenvalue weighted by molar-refractivity contribution is 5.85. The van der Waals surface area contributed by atoms with Crippen LogP contribution in [0.5, 0.6) is 11.5 Å². The standard InChI is InChI=1S/C19H28N2O3.ClH/c1-21(16-11-14-6-7-15(12-16)20-14)19(22)9-5-13-4-8-17(23-2)18(10-13)24-3;/h4,8,10,14-16,20H,5-7,9,11-12H2,1-3H3;1H. The number of carbonyl (C=O) groups excluding carboxylic acids is 1. The molecular formula is C19H29ClN2O3. The van der Waals surface area contributed by atoms with Gasteiger partial charge in [-0.25, -0.2) is 0 Å². The number of nitrogens with zero attached hydrogens (tertiary/aromatic N) is 1. The van der Waals surface area contributed by atoms with Gasteiger partial charge in [-0.2, -0.15) is 0 Å². The summed E-state index contributed by atoms with van der Waals surface area (Å²) in [4.78, 5) is 14.6. The average Bonchev–Trinajstić information content (AvgIpc) is 2.96. The first-order chi connectivity index (χ1) is 11.6. The van der Waals surface area contributed by atoms with E-state index in [1.807, 2.05) is 30.1 Å². The third-order valence-corrected chi connectivity index (χ3v) is 5.46. The van der Waals surface area contributed by atoms with Gasteiger partial charge in [-0.15, -0.1) is 12.4 Å². The van der Waals surface area contributed by atoms with E-state index in [0.29, 0.717) is 30.3 Å². The summed E-state index contributed by atoms with van der Waals surface area (Å²) in [6.07, 6.45) is 5.96. The van der Waals surface area contributed by atoms with Crippen LogP contribution in [0.1, 0.15) is 37.7 Å². The highest BCUT2D eigenvalue weighted by atomic mass is 35.5. The fourth-order valence-corrected chi connectivity index (χ4v) is 4.01. The van der Waals surface area contributed by atoms with Crippen molar-refractivity contribution in [3.05, 3.63) is 23.8 Å². The van der Waals surface area contributed by atoms with Gasteiger partial charge in [0.1, 0.15) is 0 Å². The van der Waals surface area contributed by atoms with Crippen molar-refractivity contribution in [2.24, 2.45) is 0 Å². The number of hydrogen-bond acceptors (Lipinski definition) is 4. The van der Waals surface area contributed by atoms with Gasteiger partial charge in [0, 0.05) is 31.6 Å². The number of nitrogens with one attached hydrogen (secondary N) is 1. The van der Waals surface area contributed by atoms with E-state index in [0.717, 1.165) is 30.6 Å². The number of carbonyl (C=O) groups is 1. The summed E-state index contributed by atoms with van der Waals surface area (Å²) in [5.74, 6) is 1.66. The number of benzene rings is 1. The Morgan fingerprint density at radius 3 is 2.40 bits per heavy atom. The number of rotatable bonds is 6. The molecule has 2 fully saturated rings. The highest BCUT2D eigenvalue weighted by Crippen LogP contribution is 2.30. The number of hydrogen-bond donors (Lipinski definition) is 1. The zero-order valence-corrected chi connectivity index (χ0v) is 16.1. The molecule has 2 aliphatic heterocycles. The summed E-state index contributed by atoms with van der Waals surface area (Å²) in [5, 5.41) is 3.63. The third-order valence-electron chi connectivity index (χ3n) is 5.46. The maximum Gasteiger partial charge on any atom is 0.222 e. The quantitative estimate of drug-likeness (QED) is 0.838. The van der Waals surface area contributed by atoms with Crippen LogP contribution in [0.25, 0.3) is 0 Å². The van der Waals surface area contributed by atoms with E-state index in [1.165, 1.54) is 12.8 Å². The number of aryl methyl sites for hydroxylation is 1. The summed E-state index contributed by atoms with van der Waals surface area (Å²) >= 11 is 0. The molecule has 2 heterocycles. The molecule has 2 aliphatic rings. The van der Waals surface area contributed by atoms with Crippen LogP contribution < -0.4 is 14.8 Å². The Morgan fingerprint density at radius 2 is 1.80 bits per heavy atom. The van der Waals surface area contributed by atoms with E-state index in [1.54, 1.807) is 14.2 Å². The van der Waals surface area contributed by atoms with E-state index >= 15 is 0 Å². The van der Waals surface area contributed by atoms with Crippen molar-refractivity contribution in [2.45, 2.75) is 56.7 Å². The Kier molecular flexibility index (Phi) is 6.96. The molecule has 0 aliphatic carbocycles. The smallest absolute Gasteiger partial charge is 0.222 e. The lowest BCUT2D eigenvalue weighted by molar-refractivity contribution is -0.132. The minimum atomic E-state index is 0. The largest absolute Gasteiger partial charge is 0.493 e. The Balaban J connectivity index is 0.00000225. The van der Waals surface area contributed by atoms with Crippen LogP contribution in [0.3, 0.4) is 0 Å². The van der Waals surface area contributed by atoms with Crippen molar-refractivity contribution in [3.63, 3.8) is 0 Å². The van der Waals surface area contributed by atoms with Crippen molar-refractivity contribution in [1.29, 1.82) is 0 Å². The van der Waals surface area contributed by atoms with Crippen LogP contribution in [0.2, 0.25) is 0 Å². The number of methoxy groups -OCH3 is 2. The molecule has 1 amide bonds. The molecule has 3 rings (SSSR count). The van der Waals surface area contributed by atoms with E-state index in [9.17, 15) is 4.79 Å². The highest BCUT2D eigenvalue weighted by Gasteiger charge is 2.36. The average molecular weight is 369 g/mol. The monoisotopic (exact) mass is 368 g/mol. The second-order valence-electron chi connectivity index (χ2n) is 6.96. The van der Waals surface area contributed by atoms with Gasteiger partial charge in [0.15, 0.2) is 11.5 Å². The predicted octanol–water partition coefficient (Wildman–Crippen LogP) is 2.80. The first kappa shape index (κ1) is 19.9. The van der Waals surface area contributed by atoms with Crippen molar-refractivity contribution >= 4 is 18.3 Å². The van der Waals surface area contributed by atoms with Gasteiger partial charge in [0.05, 0.1) is 14.2 Å².